The van der Waals surface area contributed by atoms with E-state index in [-0.39, 0.29) is 12.7 Å². The minimum absolute atomic E-state index is 0.000461. The fraction of sp³-hybridized carbons (Fsp3) is 0.889. The van der Waals surface area contributed by atoms with Crippen LogP contribution < -0.4 is 5.32 Å². The molecule has 0 saturated carbocycles. The molecule has 0 bridgehead atoms. The third-order valence-corrected chi connectivity index (χ3v) is 2.39. The Hall–Kier alpha value is -0.570. The fourth-order valence-electron chi connectivity index (χ4n) is 0.892. The van der Waals surface area contributed by atoms with E-state index in [0.29, 0.717) is 0 Å². The van der Waals surface area contributed by atoms with Crippen molar-refractivity contribution in [2.24, 2.45) is 0 Å². The van der Waals surface area contributed by atoms with Crippen molar-refractivity contribution < 1.29 is 18.5 Å². The number of amides is 1. The SMILES string of the molecule is C[PH](=O)C[C@H](F)CNC(=O)OC(C)(C)C. The molecular formula is C9H19FNO3P. The number of alkyl halides is 1. The molecule has 0 rings (SSSR count). The van der Waals surface area contributed by atoms with E-state index in [1.807, 2.05) is 0 Å². The van der Waals surface area contributed by atoms with Crippen molar-refractivity contribution in [1.29, 1.82) is 0 Å². The average molecular weight is 239 g/mol. The summed E-state index contributed by atoms with van der Waals surface area (Å²) >= 11 is 0. The average Bonchev–Trinajstić information content (AvgIpc) is 1.96. The number of ether oxygens (including phenoxy) is 1. The van der Waals surface area contributed by atoms with Crippen LogP contribution in [0.3, 0.4) is 0 Å². The van der Waals surface area contributed by atoms with Crippen LogP contribution in [0.15, 0.2) is 0 Å². The summed E-state index contributed by atoms with van der Waals surface area (Å²) in [4.78, 5) is 11.1. The van der Waals surface area contributed by atoms with E-state index >= 15 is 0 Å². The second kappa shape index (κ2) is 6.11. The number of alkyl carbamates (subject to hydrolysis) is 1. The number of hydrogen-bond donors (Lipinski definition) is 1. The molecule has 1 N–H and O–H groups in total. The lowest BCUT2D eigenvalue weighted by molar-refractivity contribution is 0.0516. The summed E-state index contributed by atoms with van der Waals surface area (Å²) in [5.74, 6) is 0. The van der Waals surface area contributed by atoms with Gasteiger partial charge in [-0.15, -0.1) is 0 Å². The Kier molecular flexibility index (Phi) is 5.88. The maximum absolute atomic E-state index is 13.0. The van der Waals surface area contributed by atoms with Gasteiger partial charge in [0.1, 0.15) is 11.8 Å². The second-order valence-electron chi connectivity index (χ2n) is 4.39. The van der Waals surface area contributed by atoms with Crippen LogP contribution in [0.4, 0.5) is 9.18 Å². The van der Waals surface area contributed by atoms with Gasteiger partial charge in [-0.3, -0.25) is 0 Å². The van der Waals surface area contributed by atoms with Crippen molar-refractivity contribution in [2.45, 2.75) is 32.5 Å². The summed E-state index contributed by atoms with van der Waals surface area (Å²) in [5, 5.41) is 2.29. The molecule has 0 spiro atoms. The number of halogens is 1. The van der Waals surface area contributed by atoms with Crippen LogP contribution in [0.5, 0.6) is 0 Å². The normalized spacial score (nSPS) is 15.5. The third-order valence-electron chi connectivity index (χ3n) is 1.38. The monoisotopic (exact) mass is 239 g/mol. The lowest BCUT2D eigenvalue weighted by Crippen LogP contribution is -2.36. The molecule has 4 nitrogen and oxygen atoms in total. The maximum atomic E-state index is 13.0. The summed E-state index contributed by atoms with van der Waals surface area (Å²) in [7, 11) is -1.83. The summed E-state index contributed by atoms with van der Waals surface area (Å²) in [6.45, 7) is 6.52. The van der Waals surface area contributed by atoms with Gasteiger partial charge in [0, 0.05) is 6.16 Å². The molecule has 1 unspecified atom stereocenters. The molecule has 0 aliphatic rings. The molecule has 0 aromatic heterocycles. The molecule has 0 aromatic rings. The van der Waals surface area contributed by atoms with Crippen LogP contribution in [0.25, 0.3) is 0 Å². The first-order valence-electron chi connectivity index (χ1n) is 4.81. The molecule has 15 heavy (non-hydrogen) atoms. The van der Waals surface area contributed by atoms with Gasteiger partial charge in [-0.05, 0) is 27.4 Å². The van der Waals surface area contributed by atoms with Crippen molar-refractivity contribution in [1.82, 2.24) is 5.32 Å². The first kappa shape index (κ1) is 14.4. The Bertz CT molecular complexity index is 240. The zero-order valence-electron chi connectivity index (χ0n) is 9.59. The van der Waals surface area contributed by atoms with Gasteiger partial charge in [0.15, 0.2) is 0 Å². The lowest BCUT2D eigenvalue weighted by atomic mass is 10.2. The van der Waals surface area contributed by atoms with Crippen LogP contribution in [0.2, 0.25) is 0 Å². The summed E-state index contributed by atoms with van der Waals surface area (Å²) < 4.78 is 28.6. The molecule has 6 heteroatoms. The Labute approximate surface area is 90.4 Å². The van der Waals surface area contributed by atoms with E-state index in [0.717, 1.165) is 0 Å². The highest BCUT2D eigenvalue weighted by Crippen LogP contribution is 2.16. The second-order valence-corrected chi connectivity index (χ2v) is 6.20. The Morgan fingerprint density at radius 1 is 1.53 bits per heavy atom. The predicted molar refractivity (Wildman–Crippen MR) is 58.9 cm³/mol. The number of nitrogens with one attached hydrogen (secondary N) is 1. The summed E-state index contributed by atoms with van der Waals surface area (Å²) in [5.41, 5.74) is -0.589. The molecule has 90 valence electrons. The third kappa shape index (κ3) is 9.73. The van der Waals surface area contributed by atoms with Gasteiger partial charge in [-0.2, -0.15) is 0 Å². The van der Waals surface area contributed by atoms with E-state index in [1.54, 1.807) is 20.8 Å². The van der Waals surface area contributed by atoms with Gasteiger partial charge in [0.2, 0.25) is 0 Å². The van der Waals surface area contributed by atoms with E-state index in [9.17, 15) is 13.8 Å². The first-order chi connectivity index (χ1) is 6.70. The number of rotatable bonds is 4. The highest BCUT2D eigenvalue weighted by Gasteiger charge is 2.17. The van der Waals surface area contributed by atoms with Crippen molar-refractivity contribution in [3.05, 3.63) is 0 Å². The molecule has 0 aliphatic carbocycles. The number of carbonyl (C=O) groups excluding carboxylic acids is 1. The molecule has 2 atom stereocenters. The lowest BCUT2D eigenvalue weighted by Gasteiger charge is -2.20. The van der Waals surface area contributed by atoms with Crippen molar-refractivity contribution in [3.63, 3.8) is 0 Å². The van der Waals surface area contributed by atoms with Gasteiger partial charge in [-0.1, -0.05) is 0 Å². The first-order valence-corrected chi connectivity index (χ1v) is 6.92. The van der Waals surface area contributed by atoms with Gasteiger partial charge in [0.05, 0.1) is 14.3 Å². The largest absolute Gasteiger partial charge is 0.444 e. The smallest absolute Gasteiger partial charge is 0.407 e. The maximum Gasteiger partial charge on any atom is 0.407 e. The molecule has 0 heterocycles. The van der Waals surface area contributed by atoms with Crippen molar-refractivity contribution in [2.75, 3.05) is 19.4 Å². The molecule has 0 radical (unpaired) electrons. The molecule has 0 aliphatic heterocycles. The summed E-state index contributed by atoms with van der Waals surface area (Å²) in [6, 6.07) is 0. The van der Waals surface area contributed by atoms with Gasteiger partial charge in [-0.25, -0.2) is 9.18 Å². The molecule has 1 amide bonds. The predicted octanol–water partition coefficient (Wildman–Crippen LogP) is 2.04. The zero-order chi connectivity index (χ0) is 12.1. The standard InChI is InChI=1S/C9H19FNO3P/c1-9(2,3)14-8(12)11-5-7(10)6-15(4)13/h7,15H,5-6H2,1-4H3,(H,11,12)/t7-/m1/s1. The molecule has 0 saturated heterocycles. The number of hydrogen-bond acceptors (Lipinski definition) is 3. The quantitative estimate of drug-likeness (QED) is 0.764. The van der Waals surface area contributed by atoms with E-state index < -0.39 is 25.7 Å². The van der Waals surface area contributed by atoms with Crippen LogP contribution in [0.1, 0.15) is 20.8 Å². The topological polar surface area (TPSA) is 55.4 Å². The molecular weight excluding hydrogens is 220 g/mol. The zero-order valence-corrected chi connectivity index (χ0v) is 10.6. The number of carbonyl (C=O) groups is 1. The van der Waals surface area contributed by atoms with E-state index in [2.05, 4.69) is 5.32 Å². The Morgan fingerprint density at radius 3 is 2.47 bits per heavy atom. The van der Waals surface area contributed by atoms with Gasteiger partial charge < -0.3 is 14.6 Å². The minimum Gasteiger partial charge on any atom is -0.444 e. The van der Waals surface area contributed by atoms with Crippen molar-refractivity contribution in [3.8, 4) is 0 Å². The highest BCUT2D eigenvalue weighted by atomic mass is 31.1. The van der Waals surface area contributed by atoms with E-state index in [4.69, 9.17) is 4.74 Å². The Balaban J connectivity index is 3.76. The fourth-order valence-corrected chi connectivity index (χ4v) is 1.66. The summed E-state index contributed by atoms with van der Waals surface area (Å²) in [6.07, 6.45) is -1.92. The van der Waals surface area contributed by atoms with Gasteiger partial charge in [0.25, 0.3) is 0 Å². The highest BCUT2D eigenvalue weighted by molar-refractivity contribution is 7.43. The van der Waals surface area contributed by atoms with Crippen LogP contribution in [-0.2, 0) is 9.30 Å². The van der Waals surface area contributed by atoms with E-state index in [1.165, 1.54) is 6.66 Å². The molecule has 0 fully saturated rings. The van der Waals surface area contributed by atoms with Crippen molar-refractivity contribution >= 4 is 13.9 Å². The van der Waals surface area contributed by atoms with Crippen LogP contribution in [0, 0.1) is 0 Å². The van der Waals surface area contributed by atoms with Crippen LogP contribution in [-0.4, -0.2) is 37.2 Å². The van der Waals surface area contributed by atoms with Crippen LogP contribution >= 0.6 is 7.80 Å². The van der Waals surface area contributed by atoms with Gasteiger partial charge >= 0.3 is 6.09 Å². The molecule has 0 aromatic carbocycles. The minimum atomic E-state index is -1.83. The Morgan fingerprint density at radius 2 is 2.07 bits per heavy atom.